The predicted molar refractivity (Wildman–Crippen MR) is 76.3 cm³/mol. The second kappa shape index (κ2) is 7.07. The first-order valence-electron chi connectivity index (χ1n) is 7.80. The largest absolute Gasteiger partial charge is 0.385 e. The summed E-state index contributed by atoms with van der Waals surface area (Å²) in [5.74, 6) is 0.326. The molecule has 2 aliphatic rings. The van der Waals surface area contributed by atoms with E-state index >= 15 is 0 Å². The zero-order chi connectivity index (χ0) is 14.5. The molecule has 2 amide bonds. The van der Waals surface area contributed by atoms with Crippen LogP contribution in [0.25, 0.3) is 0 Å². The molecular weight excluding hydrogens is 256 g/mol. The average Bonchev–Trinajstić information content (AvgIpc) is 2.93. The standard InChI is InChI=1S/C15H26N2O3/c1-3-12-14(18)17-10-7-8-13(17)15(19)16(12)9-5-4-6-11-20-2/h12-13H,3-11H2,1-2H3. The minimum Gasteiger partial charge on any atom is -0.385 e. The van der Waals surface area contributed by atoms with Crippen LogP contribution in [-0.2, 0) is 14.3 Å². The number of hydrogen-bond acceptors (Lipinski definition) is 3. The molecule has 0 aromatic heterocycles. The van der Waals surface area contributed by atoms with E-state index in [1.54, 1.807) is 12.0 Å². The Morgan fingerprint density at radius 3 is 2.70 bits per heavy atom. The van der Waals surface area contributed by atoms with Crippen molar-refractivity contribution >= 4 is 11.8 Å². The van der Waals surface area contributed by atoms with E-state index in [9.17, 15) is 9.59 Å². The highest BCUT2D eigenvalue weighted by Gasteiger charge is 2.46. The van der Waals surface area contributed by atoms with Gasteiger partial charge < -0.3 is 14.5 Å². The zero-order valence-corrected chi connectivity index (χ0v) is 12.6. The molecule has 2 unspecified atom stereocenters. The van der Waals surface area contributed by atoms with Gasteiger partial charge in [0.15, 0.2) is 0 Å². The highest BCUT2D eigenvalue weighted by molar-refractivity contribution is 5.97. The predicted octanol–water partition coefficient (Wildman–Crippen LogP) is 1.41. The molecule has 0 aliphatic carbocycles. The Bertz CT molecular complexity index is 359. The molecule has 2 atom stereocenters. The van der Waals surface area contributed by atoms with Crippen molar-refractivity contribution in [1.29, 1.82) is 0 Å². The van der Waals surface area contributed by atoms with Crippen molar-refractivity contribution < 1.29 is 14.3 Å². The Labute approximate surface area is 121 Å². The summed E-state index contributed by atoms with van der Waals surface area (Å²) in [6.07, 6.45) is 5.51. The van der Waals surface area contributed by atoms with E-state index in [4.69, 9.17) is 4.74 Å². The van der Waals surface area contributed by atoms with Crippen molar-refractivity contribution in [1.82, 2.24) is 9.80 Å². The quantitative estimate of drug-likeness (QED) is 0.664. The number of ether oxygens (including phenoxy) is 1. The SMILES string of the molecule is CCC1C(=O)N2CCCC2C(=O)N1CCCCCOC. The van der Waals surface area contributed by atoms with Gasteiger partial charge in [-0.2, -0.15) is 0 Å². The molecule has 0 saturated carbocycles. The summed E-state index contributed by atoms with van der Waals surface area (Å²) in [5, 5.41) is 0. The van der Waals surface area contributed by atoms with Crippen molar-refractivity contribution in [2.24, 2.45) is 0 Å². The molecule has 0 radical (unpaired) electrons. The van der Waals surface area contributed by atoms with Crippen LogP contribution in [0.5, 0.6) is 0 Å². The van der Waals surface area contributed by atoms with Gasteiger partial charge in [-0.25, -0.2) is 0 Å². The minimum atomic E-state index is -0.237. The van der Waals surface area contributed by atoms with Crippen LogP contribution in [0.1, 0.15) is 45.4 Å². The molecule has 2 saturated heterocycles. The topological polar surface area (TPSA) is 49.9 Å². The lowest BCUT2D eigenvalue weighted by atomic mass is 10.0. The zero-order valence-electron chi connectivity index (χ0n) is 12.6. The smallest absolute Gasteiger partial charge is 0.246 e. The van der Waals surface area contributed by atoms with Crippen molar-refractivity contribution in [2.45, 2.75) is 57.5 Å². The lowest BCUT2D eigenvalue weighted by Crippen LogP contribution is -2.62. The van der Waals surface area contributed by atoms with Crippen molar-refractivity contribution in [3.63, 3.8) is 0 Å². The van der Waals surface area contributed by atoms with Crippen LogP contribution in [0, 0.1) is 0 Å². The summed E-state index contributed by atoms with van der Waals surface area (Å²) in [6.45, 7) is 4.22. The highest BCUT2D eigenvalue weighted by Crippen LogP contribution is 2.28. The Kier molecular flexibility index (Phi) is 5.40. The molecular formula is C15H26N2O3. The number of hydrogen-bond donors (Lipinski definition) is 0. The molecule has 2 aliphatic heterocycles. The first-order valence-corrected chi connectivity index (χ1v) is 7.80. The van der Waals surface area contributed by atoms with Gasteiger partial charge in [0.2, 0.25) is 11.8 Å². The minimum absolute atomic E-state index is 0.159. The van der Waals surface area contributed by atoms with Crippen molar-refractivity contribution in [3.05, 3.63) is 0 Å². The molecule has 5 heteroatoms. The number of methoxy groups -OCH3 is 1. The molecule has 0 bridgehead atoms. The molecule has 0 aromatic rings. The van der Waals surface area contributed by atoms with Crippen LogP contribution < -0.4 is 0 Å². The van der Waals surface area contributed by atoms with Crippen molar-refractivity contribution in [3.8, 4) is 0 Å². The Morgan fingerprint density at radius 2 is 2.00 bits per heavy atom. The second-order valence-corrected chi connectivity index (χ2v) is 5.70. The number of unbranched alkanes of at least 4 members (excludes halogenated alkanes) is 2. The summed E-state index contributed by atoms with van der Waals surface area (Å²) >= 11 is 0. The third kappa shape index (κ3) is 2.97. The second-order valence-electron chi connectivity index (χ2n) is 5.70. The molecule has 2 fully saturated rings. The highest BCUT2D eigenvalue weighted by atomic mass is 16.5. The summed E-state index contributed by atoms with van der Waals surface area (Å²) in [6, 6.07) is -0.413. The maximum absolute atomic E-state index is 12.5. The van der Waals surface area contributed by atoms with Gasteiger partial charge in [0.25, 0.3) is 0 Å². The average molecular weight is 282 g/mol. The van der Waals surface area contributed by atoms with E-state index in [1.807, 2.05) is 11.8 Å². The van der Waals surface area contributed by atoms with E-state index < -0.39 is 0 Å². The van der Waals surface area contributed by atoms with E-state index in [0.29, 0.717) is 13.0 Å². The van der Waals surface area contributed by atoms with Gasteiger partial charge in [0.05, 0.1) is 0 Å². The number of amides is 2. The van der Waals surface area contributed by atoms with E-state index in [2.05, 4.69) is 0 Å². The molecule has 0 aromatic carbocycles. The first kappa shape index (κ1) is 15.3. The number of carbonyl (C=O) groups is 2. The lowest BCUT2D eigenvalue weighted by molar-refractivity contribution is -0.159. The Balaban J connectivity index is 1.94. The molecule has 114 valence electrons. The Morgan fingerprint density at radius 1 is 1.20 bits per heavy atom. The molecule has 0 spiro atoms. The van der Waals surface area contributed by atoms with E-state index in [0.717, 1.165) is 45.3 Å². The summed E-state index contributed by atoms with van der Waals surface area (Å²) in [5.41, 5.74) is 0. The molecule has 5 nitrogen and oxygen atoms in total. The van der Waals surface area contributed by atoms with E-state index in [-0.39, 0.29) is 23.9 Å². The van der Waals surface area contributed by atoms with Crippen LogP contribution >= 0.6 is 0 Å². The normalized spacial score (nSPS) is 26.3. The van der Waals surface area contributed by atoms with Crippen LogP contribution in [0.15, 0.2) is 0 Å². The summed E-state index contributed by atoms with van der Waals surface area (Å²) in [7, 11) is 1.70. The van der Waals surface area contributed by atoms with Crippen molar-refractivity contribution in [2.75, 3.05) is 26.8 Å². The lowest BCUT2D eigenvalue weighted by Gasteiger charge is -2.42. The fourth-order valence-corrected chi connectivity index (χ4v) is 3.32. The fourth-order valence-electron chi connectivity index (χ4n) is 3.32. The number of piperazine rings is 1. The third-order valence-electron chi connectivity index (χ3n) is 4.40. The summed E-state index contributed by atoms with van der Waals surface area (Å²) in [4.78, 5) is 28.6. The maximum Gasteiger partial charge on any atom is 0.246 e. The van der Waals surface area contributed by atoms with Gasteiger partial charge in [0.1, 0.15) is 12.1 Å². The first-order chi connectivity index (χ1) is 9.70. The van der Waals surface area contributed by atoms with Crippen LogP contribution in [0.2, 0.25) is 0 Å². The van der Waals surface area contributed by atoms with Gasteiger partial charge in [0, 0.05) is 26.8 Å². The number of rotatable bonds is 7. The number of nitrogens with zero attached hydrogens (tertiary/aromatic N) is 2. The van der Waals surface area contributed by atoms with Crippen LogP contribution in [-0.4, -0.2) is 60.5 Å². The van der Waals surface area contributed by atoms with Gasteiger partial charge in [-0.05, 0) is 38.5 Å². The molecule has 2 rings (SSSR count). The fraction of sp³-hybridized carbons (Fsp3) is 0.867. The van der Waals surface area contributed by atoms with Gasteiger partial charge in [-0.3, -0.25) is 9.59 Å². The molecule has 0 N–H and O–H groups in total. The Hall–Kier alpha value is -1.10. The monoisotopic (exact) mass is 282 g/mol. The number of carbonyl (C=O) groups excluding carboxylic acids is 2. The third-order valence-corrected chi connectivity index (χ3v) is 4.40. The maximum atomic E-state index is 12.5. The van der Waals surface area contributed by atoms with E-state index in [1.165, 1.54) is 0 Å². The number of fused-ring (bicyclic) bond motifs is 1. The van der Waals surface area contributed by atoms with Gasteiger partial charge >= 0.3 is 0 Å². The van der Waals surface area contributed by atoms with Crippen LogP contribution in [0.3, 0.4) is 0 Å². The molecule has 20 heavy (non-hydrogen) atoms. The van der Waals surface area contributed by atoms with Crippen LogP contribution in [0.4, 0.5) is 0 Å². The molecule has 2 heterocycles. The summed E-state index contributed by atoms with van der Waals surface area (Å²) < 4.78 is 5.03. The van der Waals surface area contributed by atoms with Gasteiger partial charge in [-0.15, -0.1) is 0 Å². The van der Waals surface area contributed by atoms with Gasteiger partial charge in [-0.1, -0.05) is 6.92 Å².